The molecule has 1 rings (SSSR count). The minimum Gasteiger partial charge on any atom is -0.382 e. The van der Waals surface area contributed by atoms with Gasteiger partial charge in [-0.2, -0.15) is 11.8 Å². The van der Waals surface area contributed by atoms with Gasteiger partial charge in [0.2, 0.25) is 0 Å². The number of ether oxygens (including phenoxy) is 1. The lowest BCUT2D eigenvalue weighted by atomic mass is 10.0. The Balaban J connectivity index is 2.69. The van der Waals surface area contributed by atoms with E-state index in [0.717, 1.165) is 5.75 Å². The van der Waals surface area contributed by atoms with Gasteiger partial charge in [-0.1, -0.05) is 0 Å². The lowest BCUT2D eigenvalue weighted by Crippen LogP contribution is -2.48. The van der Waals surface area contributed by atoms with E-state index in [0.29, 0.717) is 6.54 Å². The summed E-state index contributed by atoms with van der Waals surface area (Å²) in [6.07, 6.45) is 1.94. The van der Waals surface area contributed by atoms with E-state index in [9.17, 15) is 9.59 Å². The third-order valence-corrected chi connectivity index (χ3v) is 2.89. The summed E-state index contributed by atoms with van der Waals surface area (Å²) in [5.41, 5.74) is -0.899. The number of carbonyl (C=O) groups is 2. The predicted octanol–water partition coefficient (Wildman–Crippen LogP) is 0.306. The van der Waals surface area contributed by atoms with Crippen molar-refractivity contribution in [2.45, 2.75) is 12.5 Å². The highest BCUT2D eigenvalue weighted by Crippen LogP contribution is 2.17. The van der Waals surface area contributed by atoms with Crippen LogP contribution in [-0.2, 0) is 9.53 Å². The zero-order chi connectivity index (χ0) is 11.5. The summed E-state index contributed by atoms with van der Waals surface area (Å²) in [6.45, 7) is 2.33. The molecule has 1 atom stereocenters. The van der Waals surface area contributed by atoms with Crippen LogP contribution in [0.25, 0.3) is 0 Å². The summed E-state index contributed by atoms with van der Waals surface area (Å²) in [6, 6.07) is -0.325. The van der Waals surface area contributed by atoms with Gasteiger partial charge in [0.05, 0.1) is 6.61 Å². The smallest absolute Gasteiger partial charge is 0.325 e. The Morgan fingerprint density at radius 1 is 1.53 bits per heavy atom. The van der Waals surface area contributed by atoms with Crippen molar-refractivity contribution in [3.63, 3.8) is 0 Å². The number of methoxy groups -OCH3 is 1. The van der Waals surface area contributed by atoms with Crippen LogP contribution in [-0.4, -0.2) is 54.6 Å². The first-order valence-corrected chi connectivity index (χ1v) is 6.06. The average Bonchev–Trinajstić information content (AvgIpc) is 2.37. The van der Waals surface area contributed by atoms with Crippen molar-refractivity contribution in [2.24, 2.45) is 0 Å². The summed E-state index contributed by atoms with van der Waals surface area (Å²) in [4.78, 5) is 24.6. The van der Waals surface area contributed by atoms with Crippen LogP contribution in [0.15, 0.2) is 0 Å². The Hall–Kier alpha value is -0.750. The van der Waals surface area contributed by atoms with Gasteiger partial charge in [0.15, 0.2) is 0 Å². The lowest BCUT2D eigenvalue weighted by Gasteiger charge is -2.20. The highest BCUT2D eigenvalue weighted by atomic mass is 32.2. The molecule has 1 N–H and O–H groups in total. The molecule has 0 aromatic carbocycles. The maximum Gasteiger partial charge on any atom is 0.325 e. The van der Waals surface area contributed by atoms with Crippen LogP contribution < -0.4 is 5.32 Å². The minimum absolute atomic E-state index is 0.202. The first-order valence-electron chi connectivity index (χ1n) is 4.67. The zero-order valence-corrected chi connectivity index (χ0v) is 10.0. The highest BCUT2D eigenvalue weighted by molar-refractivity contribution is 7.98. The highest BCUT2D eigenvalue weighted by Gasteiger charge is 2.47. The van der Waals surface area contributed by atoms with Crippen LogP contribution in [0, 0.1) is 0 Å². The monoisotopic (exact) mass is 232 g/mol. The molecule has 86 valence electrons. The third-order valence-electron chi connectivity index (χ3n) is 2.30. The molecule has 0 unspecified atom stereocenters. The molecule has 1 aliphatic heterocycles. The summed E-state index contributed by atoms with van der Waals surface area (Å²) in [5, 5.41) is 2.64. The number of amides is 3. The van der Waals surface area contributed by atoms with Crippen LogP contribution >= 0.6 is 11.8 Å². The van der Waals surface area contributed by atoms with E-state index in [-0.39, 0.29) is 18.5 Å². The number of hydrogen-bond acceptors (Lipinski definition) is 4. The predicted molar refractivity (Wildman–Crippen MR) is 58.9 cm³/mol. The Bertz CT molecular complexity index is 272. The fraction of sp³-hybridized carbons (Fsp3) is 0.778. The van der Waals surface area contributed by atoms with Crippen LogP contribution in [0.3, 0.4) is 0 Å². The van der Waals surface area contributed by atoms with E-state index in [1.165, 1.54) is 12.0 Å². The SMILES string of the molecule is COC[C@]1(C)NC(=O)N(CCSC)C1=O. The number of thioether (sulfide) groups is 1. The molecule has 0 radical (unpaired) electrons. The van der Waals surface area contributed by atoms with Crippen LogP contribution in [0.1, 0.15) is 6.92 Å². The van der Waals surface area contributed by atoms with Crippen LogP contribution in [0.5, 0.6) is 0 Å². The van der Waals surface area contributed by atoms with Crippen molar-refractivity contribution >= 4 is 23.7 Å². The molecular weight excluding hydrogens is 216 g/mol. The second kappa shape index (κ2) is 4.85. The van der Waals surface area contributed by atoms with Gasteiger partial charge in [0.25, 0.3) is 5.91 Å². The van der Waals surface area contributed by atoms with Crippen molar-refractivity contribution in [1.29, 1.82) is 0 Å². The topological polar surface area (TPSA) is 58.6 Å². The van der Waals surface area contributed by atoms with Gasteiger partial charge in [-0.25, -0.2) is 4.79 Å². The first-order chi connectivity index (χ1) is 7.05. The van der Waals surface area contributed by atoms with Gasteiger partial charge >= 0.3 is 6.03 Å². The van der Waals surface area contributed by atoms with Gasteiger partial charge in [-0.05, 0) is 13.2 Å². The molecule has 1 fully saturated rings. The van der Waals surface area contributed by atoms with Gasteiger partial charge in [-0.3, -0.25) is 9.69 Å². The normalized spacial score (nSPS) is 25.9. The molecule has 0 saturated carbocycles. The van der Waals surface area contributed by atoms with E-state index >= 15 is 0 Å². The number of imide groups is 1. The molecule has 0 spiro atoms. The Morgan fingerprint density at radius 2 is 2.20 bits per heavy atom. The van der Waals surface area contributed by atoms with Crippen LogP contribution in [0.2, 0.25) is 0 Å². The number of nitrogens with one attached hydrogen (secondary N) is 1. The lowest BCUT2D eigenvalue weighted by molar-refractivity contribution is -0.132. The molecule has 6 heteroatoms. The Morgan fingerprint density at radius 3 is 2.73 bits per heavy atom. The zero-order valence-electron chi connectivity index (χ0n) is 9.20. The Labute approximate surface area is 93.5 Å². The van der Waals surface area contributed by atoms with Crippen LogP contribution in [0.4, 0.5) is 4.79 Å². The number of carbonyl (C=O) groups excluding carboxylic acids is 2. The first kappa shape index (κ1) is 12.3. The number of hydrogen-bond donors (Lipinski definition) is 1. The molecule has 1 heterocycles. The van der Waals surface area contributed by atoms with Crippen molar-refractivity contribution in [3.8, 4) is 0 Å². The summed E-state index contributed by atoms with van der Waals surface area (Å²) >= 11 is 1.60. The van der Waals surface area contributed by atoms with E-state index in [1.807, 2.05) is 6.26 Å². The maximum atomic E-state index is 11.9. The summed E-state index contributed by atoms with van der Waals surface area (Å²) in [5.74, 6) is 0.547. The van der Waals surface area contributed by atoms with E-state index in [1.54, 1.807) is 18.7 Å². The second-order valence-electron chi connectivity index (χ2n) is 3.64. The standard InChI is InChI=1S/C9H16N2O3S/c1-9(6-14-2)7(12)11(4-5-15-3)8(13)10-9/h4-6H2,1-3H3,(H,10,13)/t9-/m0/s1. The molecule has 1 aliphatic rings. The van der Waals surface area contributed by atoms with Gasteiger partial charge < -0.3 is 10.1 Å². The molecular formula is C9H16N2O3S. The molecule has 0 aliphatic carbocycles. The van der Waals surface area contributed by atoms with E-state index in [4.69, 9.17) is 4.74 Å². The van der Waals surface area contributed by atoms with Gasteiger partial charge in [0.1, 0.15) is 5.54 Å². The average molecular weight is 232 g/mol. The quantitative estimate of drug-likeness (QED) is 0.693. The van der Waals surface area contributed by atoms with Gasteiger partial charge in [-0.15, -0.1) is 0 Å². The van der Waals surface area contributed by atoms with Crippen molar-refractivity contribution < 1.29 is 14.3 Å². The van der Waals surface area contributed by atoms with Crippen molar-refractivity contribution in [3.05, 3.63) is 0 Å². The molecule has 3 amide bonds. The fourth-order valence-corrected chi connectivity index (χ4v) is 1.88. The number of urea groups is 1. The third kappa shape index (κ3) is 2.43. The van der Waals surface area contributed by atoms with Gasteiger partial charge in [0, 0.05) is 19.4 Å². The second-order valence-corrected chi connectivity index (χ2v) is 4.63. The maximum absolute atomic E-state index is 11.9. The van der Waals surface area contributed by atoms with Crippen molar-refractivity contribution in [2.75, 3.05) is 32.3 Å². The Kier molecular flexibility index (Phi) is 3.98. The molecule has 0 aromatic heterocycles. The fourth-order valence-electron chi connectivity index (χ4n) is 1.52. The summed E-state index contributed by atoms with van der Waals surface area (Å²) in [7, 11) is 1.51. The van der Waals surface area contributed by atoms with E-state index < -0.39 is 5.54 Å². The molecule has 5 nitrogen and oxygen atoms in total. The largest absolute Gasteiger partial charge is 0.382 e. The molecule has 15 heavy (non-hydrogen) atoms. The minimum atomic E-state index is -0.899. The number of rotatable bonds is 5. The molecule has 1 saturated heterocycles. The van der Waals surface area contributed by atoms with E-state index in [2.05, 4.69) is 5.32 Å². The summed E-state index contributed by atoms with van der Waals surface area (Å²) < 4.78 is 4.93. The molecule has 0 bridgehead atoms. The van der Waals surface area contributed by atoms with Crippen molar-refractivity contribution in [1.82, 2.24) is 10.2 Å². The number of nitrogens with zero attached hydrogens (tertiary/aromatic N) is 1. The molecule has 0 aromatic rings.